The summed E-state index contributed by atoms with van der Waals surface area (Å²) in [7, 11) is 1.60. The van der Waals surface area contributed by atoms with Crippen molar-refractivity contribution in [3.8, 4) is 5.75 Å². The number of nitrogens with one attached hydrogen (secondary N) is 1. The molecule has 6 nitrogen and oxygen atoms in total. The minimum Gasteiger partial charge on any atom is -0.496 e. The average molecular weight is 316 g/mol. The standard InChI is InChI=1S/C17H20N2O4/c1-17(16(21)22)6-7-19(10-17)14(20)8-11-9-18-12-4-3-5-13(23-2)15(11)12/h3-5,9,18H,6-8,10H2,1-2H3,(H,21,22). The molecule has 1 fully saturated rings. The number of H-pyrrole nitrogens is 1. The van der Waals surface area contributed by atoms with Crippen LogP contribution in [0.15, 0.2) is 24.4 Å². The minimum atomic E-state index is -0.846. The molecular formula is C17H20N2O4. The smallest absolute Gasteiger partial charge is 0.311 e. The summed E-state index contributed by atoms with van der Waals surface area (Å²) in [6.07, 6.45) is 2.54. The maximum absolute atomic E-state index is 12.5. The first-order valence-corrected chi connectivity index (χ1v) is 7.59. The number of carboxylic acids is 1. The number of carbonyl (C=O) groups excluding carboxylic acids is 1. The van der Waals surface area contributed by atoms with Gasteiger partial charge in [0.2, 0.25) is 5.91 Å². The number of ether oxygens (including phenoxy) is 1. The first-order valence-electron chi connectivity index (χ1n) is 7.59. The Morgan fingerprint density at radius 1 is 1.43 bits per heavy atom. The van der Waals surface area contributed by atoms with Gasteiger partial charge in [0, 0.05) is 30.2 Å². The number of hydrogen-bond donors (Lipinski definition) is 2. The number of rotatable bonds is 4. The highest BCUT2D eigenvalue weighted by atomic mass is 16.5. The predicted octanol–water partition coefficient (Wildman–Crippen LogP) is 2.04. The number of likely N-dealkylation sites (tertiary alicyclic amines) is 1. The molecule has 1 aromatic heterocycles. The Kier molecular flexibility index (Phi) is 3.75. The van der Waals surface area contributed by atoms with Crippen molar-refractivity contribution in [2.75, 3.05) is 20.2 Å². The molecular weight excluding hydrogens is 296 g/mol. The third-order valence-electron chi connectivity index (χ3n) is 4.65. The SMILES string of the molecule is COc1cccc2[nH]cc(CC(=O)N3CCC(C)(C(=O)O)C3)c12. The number of nitrogens with zero attached hydrogens (tertiary/aromatic N) is 1. The van der Waals surface area contributed by atoms with Crippen LogP contribution in [0.25, 0.3) is 10.9 Å². The van der Waals surface area contributed by atoms with E-state index in [2.05, 4.69) is 4.98 Å². The molecule has 1 atom stereocenters. The van der Waals surface area contributed by atoms with Crippen LogP contribution in [0.4, 0.5) is 0 Å². The first kappa shape index (κ1) is 15.4. The van der Waals surface area contributed by atoms with E-state index in [1.54, 1.807) is 18.9 Å². The molecule has 0 radical (unpaired) electrons. The molecule has 2 N–H and O–H groups in total. The Morgan fingerprint density at radius 2 is 2.22 bits per heavy atom. The molecule has 0 saturated carbocycles. The molecule has 1 aliphatic heterocycles. The number of aromatic nitrogens is 1. The Morgan fingerprint density at radius 3 is 2.87 bits per heavy atom. The summed E-state index contributed by atoms with van der Waals surface area (Å²) in [5.41, 5.74) is 0.948. The quantitative estimate of drug-likeness (QED) is 0.904. The van der Waals surface area contributed by atoms with Gasteiger partial charge in [-0.05, 0) is 31.0 Å². The summed E-state index contributed by atoms with van der Waals surface area (Å²) in [6, 6.07) is 5.69. The second-order valence-electron chi connectivity index (χ2n) is 6.30. The van der Waals surface area contributed by atoms with Crippen LogP contribution in [0.1, 0.15) is 18.9 Å². The van der Waals surface area contributed by atoms with Crippen molar-refractivity contribution < 1.29 is 19.4 Å². The number of amides is 1. The third kappa shape index (κ3) is 2.65. The monoisotopic (exact) mass is 316 g/mol. The van der Waals surface area contributed by atoms with Crippen LogP contribution in [0, 0.1) is 5.41 Å². The molecule has 122 valence electrons. The van der Waals surface area contributed by atoms with Crippen molar-refractivity contribution in [2.24, 2.45) is 5.41 Å². The van der Waals surface area contributed by atoms with E-state index < -0.39 is 11.4 Å². The molecule has 1 unspecified atom stereocenters. The van der Waals surface area contributed by atoms with Gasteiger partial charge >= 0.3 is 5.97 Å². The van der Waals surface area contributed by atoms with Gasteiger partial charge in [-0.1, -0.05) is 6.07 Å². The van der Waals surface area contributed by atoms with Gasteiger partial charge in [-0.3, -0.25) is 9.59 Å². The van der Waals surface area contributed by atoms with Crippen LogP contribution in [-0.2, 0) is 16.0 Å². The third-order valence-corrected chi connectivity index (χ3v) is 4.65. The Bertz CT molecular complexity index is 767. The predicted molar refractivity (Wildman–Crippen MR) is 85.5 cm³/mol. The second kappa shape index (κ2) is 5.61. The number of hydrogen-bond acceptors (Lipinski definition) is 3. The molecule has 2 aromatic rings. The van der Waals surface area contributed by atoms with E-state index in [9.17, 15) is 14.7 Å². The zero-order valence-corrected chi connectivity index (χ0v) is 13.3. The maximum Gasteiger partial charge on any atom is 0.311 e. The molecule has 0 bridgehead atoms. The minimum absolute atomic E-state index is 0.0539. The summed E-state index contributed by atoms with van der Waals surface area (Å²) in [5, 5.41) is 10.2. The zero-order chi connectivity index (χ0) is 16.6. The Hall–Kier alpha value is -2.50. The van der Waals surface area contributed by atoms with E-state index in [1.807, 2.05) is 24.4 Å². The normalized spacial score (nSPS) is 20.9. The van der Waals surface area contributed by atoms with Gasteiger partial charge in [0.15, 0.2) is 0 Å². The highest BCUT2D eigenvalue weighted by molar-refractivity contribution is 5.93. The van der Waals surface area contributed by atoms with Crippen molar-refractivity contribution in [3.63, 3.8) is 0 Å². The number of carbonyl (C=O) groups is 2. The molecule has 3 rings (SSSR count). The van der Waals surface area contributed by atoms with Gasteiger partial charge in [-0.25, -0.2) is 0 Å². The topological polar surface area (TPSA) is 82.6 Å². The molecule has 1 amide bonds. The van der Waals surface area contributed by atoms with Crippen LogP contribution in [0.2, 0.25) is 0 Å². The van der Waals surface area contributed by atoms with Crippen molar-refractivity contribution in [3.05, 3.63) is 30.0 Å². The fourth-order valence-electron chi connectivity index (χ4n) is 3.15. The number of aromatic amines is 1. The molecule has 6 heteroatoms. The van der Waals surface area contributed by atoms with Crippen LogP contribution in [0.5, 0.6) is 5.75 Å². The summed E-state index contributed by atoms with van der Waals surface area (Å²) in [4.78, 5) is 28.6. The first-order chi connectivity index (χ1) is 10.9. The van der Waals surface area contributed by atoms with E-state index in [1.165, 1.54) is 0 Å². The number of fused-ring (bicyclic) bond motifs is 1. The van der Waals surface area contributed by atoms with E-state index >= 15 is 0 Å². The van der Waals surface area contributed by atoms with Crippen LogP contribution < -0.4 is 4.74 Å². The van der Waals surface area contributed by atoms with Crippen molar-refractivity contribution in [1.29, 1.82) is 0 Å². The lowest BCUT2D eigenvalue weighted by atomic mass is 9.90. The summed E-state index contributed by atoms with van der Waals surface area (Å²) < 4.78 is 5.38. The van der Waals surface area contributed by atoms with Crippen molar-refractivity contribution in [1.82, 2.24) is 9.88 Å². The van der Waals surface area contributed by atoms with Crippen LogP contribution in [-0.4, -0.2) is 47.1 Å². The molecule has 23 heavy (non-hydrogen) atoms. The largest absolute Gasteiger partial charge is 0.496 e. The van der Waals surface area contributed by atoms with Crippen LogP contribution >= 0.6 is 0 Å². The summed E-state index contributed by atoms with van der Waals surface area (Å²) in [5.74, 6) is -0.174. The fraction of sp³-hybridized carbons (Fsp3) is 0.412. The molecule has 1 aromatic carbocycles. The van der Waals surface area contributed by atoms with E-state index in [-0.39, 0.29) is 18.9 Å². The van der Waals surface area contributed by atoms with Crippen molar-refractivity contribution >= 4 is 22.8 Å². The van der Waals surface area contributed by atoms with Gasteiger partial charge in [-0.15, -0.1) is 0 Å². The van der Waals surface area contributed by atoms with E-state index in [4.69, 9.17) is 4.74 Å². The van der Waals surface area contributed by atoms with Gasteiger partial charge < -0.3 is 19.7 Å². The lowest BCUT2D eigenvalue weighted by molar-refractivity contribution is -0.147. The number of aliphatic carboxylic acids is 1. The summed E-state index contributed by atoms with van der Waals surface area (Å²) in [6.45, 7) is 2.44. The lowest BCUT2D eigenvalue weighted by Gasteiger charge is -2.20. The molecule has 1 aliphatic rings. The van der Waals surface area contributed by atoms with Crippen LogP contribution in [0.3, 0.4) is 0 Å². The molecule has 1 saturated heterocycles. The fourth-order valence-corrected chi connectivity index (χ4v) is 3.15. The maximum atomic E-state index is 12.5. The second-order valence-corrected chi connectivity index (χ2v) is 6.30. The zero-order valence-electron chi connectivity index (χ0n) is 13.3. The van der Waals surface area contributed by atoms with E-state index in [0.29, 0.717) is 13.0 Å². The summed E-state index contributed by atoms with van der Waals surface area (Å²) >= 11 is 0. The number of methoxy groups -OCH3 is 1. The number of carboxylic acid groups (broad SMARTS) is 1. The van der Waals surface area contributed by atoms with E-state index in [0.717, 1.165) is 22.2 Å². The highest BCUT2D eigenvalue weighted by Crippen LogP contribution is 2.32. The number of benzene rings is 1. The Labute approximate surface area is 134 Å². The van der Waals surface area contributed by atoms with Crippen molar-refractivity contribution in [2.45, 2.75) is 19.8 Å². The highest BCUT2D eigenvalue weighted by Gasteiger charge is 2.42. The Balaban J connectivity index is 1.81. The molecule has 2 heterocycles. The lowest BCUT2D eigenvalue weighted by Crippen LogP contribution is -2.35. The van der Waals surface area contributed by atoms with Gasteiger partial charge in [0.05, 0.1) is 18.9 Å². The molecule has 0 spiro atoms. The van der Waals surface area contributed by atoms with Gasteiger partial charge in [0.1, 0.15) is 5.75 Å². The molecule has 0 aliphatic carbocycles. The van der Waals surface area contributed by atoms with Gasteiger partial charge in [0.25, 0.3) is 0 Å². The average Bonchev–Trinajstić information content (AvgIpc) is 3.12. The van der Waals surface area contributed by atoms with Gasteiger partial charge in [-0.2, -0.15) is 0 Å².